The minimum atomic E-state index is -0.509. The van der Waals surface area contributed by atoms with Gasteiger partial charge in [0.15, 0.2) is 0 Å². The van der Waals surface area contributed by atoms with Crippen LogP contribution in [0.25, 0.3) is 0 Å². The van der Waals surface area contributed by atoms with Gasteiger partial charge in [0, 0.05) is 20.1 Å². The number of likely N-dealkylation sites (N-methyl/N-ethyl adjacent to an activating group) is 1. The molecule has 0 saturated heterocycles. The zero-order chi connectivity index (χ0) is 13.1. The van der Waals surface area contributed by atoms with E-state index >= 15 is 0 Å². The summed E-state index contributed by atoms with van der Waals surface area (Å²) in [4.78, 5) is 22.6. The third-order valence-corrected chi connectivity index (χ3v) is 2.00. The smallest absolute Gasteiger partial charge is 0.242 e. The summed E-state index contributed by atoms with van der Waals surface area (Å²) in [5.41, 5.74) is 0. The lowest BCUT2D eigenvalue weighted by atomic mass is 10.1. The van der Waals surface area contributed by atoms with E-state index in [0.29, 0.717) is 26.2 Å². The van der Waals surface area contributed by atoms with Crippen molar-refractivity contribution < 1.29 is 14.3 Å². The highest BCUT2D eigenvalue weighted by Crippen LogP contribution is 1.95. The van der Waals surface area contributed by atoms with Gasteiger partial charge in [-0.1, -0.05) is 12.2 Å². The average molecular weight is 242 g/mol. The Morgan fingerprint density at radius 3 is 2.53 bits per heavy atom. The Kier molecular flexibility index (Phi) is 9.05. The molecule has 5 heteroatoms. The average Bonchev–Trinajstić information content (AvgIpc) is 2.27. The summed E-state index contributed by atoms with van der Waals surface area (Å²) >= 11 is 0. The minimum Gasteiger partial charge on any atom is -0.378 e. The van der Waals surface area contributed by atoms with Crippen molar-refractivity contribution in [2.24, 2.45) is 0 Å². The van der Waals surface area contributed by atoms with Crippen LogP contribution >= 0.6 is 0 Å². The monoisotopic (exact) mass is 242 g/mol. The molecule has 1 atom stereocenters. The van der Waals surface area contributed by atoms with E-state index in [-0.39, 0.29) is 11.8 Å². The molecule has 0 aromatic carbocycles. The standard InChI is InChI=1S/C12H22N2O3/c1-4-13-12(16)11(14-10(3)15)8-6-7-9-17-5-2/h6-7,11H,4-5,8-9H2,1-3H3,(H,13,16)(H,14,15)/t11-/m0/s1. The van der Waals surface area contributed by atoms with E-state index in [1.54, 1.807) is 0 Å². The first kappa shape index (κ1) is 15.6. The van der Waals surface area contributed by atoms with E-state index in [1.165, 1.54) is 6.92 Å². The molecule has 17 heavy (non-hydrogen) atoms. The maximum absolute atomic E-state index is 11.6. The van der Waals surface area contributed by atoms with Crippen LogP contribution in [0.4, 0.5) is 0 Å². The summed E-state index contributed by atoms with van der Waals surface area (Å²) < 4.78 is 5.13. The first-order valence-corrected chi connectivity index (χ1v) is 5.89. The van der Waals surface area contributed by atoms with Crippen LogP contribution in [0, 0.1) is 0 Å². The SMILES string of the molecule is CCNC(=O)[C@H](CC=CCOCC)NC(C)=O. The summed E-state index contributed by atoms with van der Waals surface area (Å²) in [7, 11) is 0. The largest absolute Gasteiger partial charge is 0.378 e. The molecule has 0 heterocycles. The topological polar surface area (TPSA) is 67.4 Å². The molecule has 98 valence electrons. The molecule has 0 unspecified atom stereocenters. The van der Waals surface area contributed by atoms with Gasteiger partial charge in [-0.2, -0.15) is 0 Å². The van der Waals surface area contributed by atoms with Gasteiger partial charge in [0.05, 0.1) is 6.61 Å². The fraction of sp³-hybridized carbons (Fsp3) is 0.667. The molecule has 0 aromatic rings. The molecule has 0 aromatic heterocycles. The van der Waals surface area contributed by atoms with Crippen LogP contribution in [-0.2, 0) is 14.3 Å². The van der Waals surface area contributed by atoms with Crippen LogP contribution in [0.3, 0.4) is 0 Å². The van der Waals surface area contributed by atoms with Gasteiger partial charge in [-0.15, -0.1) is 0 Å². The van der Waals surface area contributed by atoms with Crippen LogP contribution in [-0.4, -0.2) is 37.6 Å². The van der Waals surface area contributed by atoms with E-state index < -0.39 is 6.04 Å². The third kappa shape index (κ3) is 8.45. The first-order chi connectivity index (χ1) is 8.11. The number of carbonyl (C=O) groups is 2. The summed E-state index contributed by atoms with van der Waals surface area (Å²) in [5, 5.41) is 5.30. The van der Waals surface area contributed by atoms with Gasteiger partial charge in [-0.25, -0.2) is 0 Å². The number of hydrogen-bond donors (Lipinski definition) is 2. The quantitative estimate of drug-likeness (QED) is 0.484. The van der Waals surface area contributed by atoms with Crippen LogP contribution < -0.4 is 10.6 Å². The van der Waals surface area contributed by atoms with E-state index in [0.717, 1.165) is 0 Å². The van der Waals surface area contributed by atoms with Gasteiger partial charge in [0.1, 0.15) is 6.04 Å². The summed E-state index contributed by atoms with van der Waals surface area (Å²) in [5.74, 6) is -0.372. The Bertz CT molecular complexity index is 264. The number of ether oxygens (including phenoxy) is 1. The number of nitrogens with one attached hydrogen (secondary N) is 2. The Labute approximate surface area is 103 Å². The minimum absolute atomic E-state index is 0.163. The molecule has 0 aliphatic carbocycles. The number of amides is 2. The number of carbonyl (C=O) groups excluding carboxylic acids is 2. The predicted octanol–water partition coefficient (Wildman–Crippen LogP) is 0.610. The van der Waals surface area contributed by atoms with Gasteiger partial charge in [0.25, 0.3) is 0 Å². The number of rotatable bonds is 8. The zero-order valence-electron chi connectivity index (χ0n) is 10.8. The normalized spacial score (nSPS) is 12.4. The van der Waals surface area contributed by atoms with Crippen molar-refractivity contribution in [3.05, 3.63) is 12.2 Å². The Balaban J connectivity index is 4.14. The maximum Gasteiger partial charge on any atom is 0.242 e. The molecule has 0 aliphatic heterocycles. The molecule has 0 rings (SSSR count). The molecule has 0 fully saturated rings. The molecule has 2 N–H and O–H groups in total. The summed E-state index contributed by atoms with van der Waals surface area (Å²) in [6.45, 7) is 6.90. The van der Waals surface area contributed by atoms with E-state index in [4.69, 9.17) is 4.74 Å². The van der Waals surface area contributed by atoms with Crippen molar-refractivity contribution in [1.29, 1.82) is 0 Å². The lowest BCUT2D eigenvalue weighted by Gasteiger charge is -2.15. The van der Waals surface area contributed by atoms with Crippen LogP contribution in [0.1, 0.15) is 27.2 Å². The molecule has 0 radical (unpaired) electrons. The lowest BCUT2D eigenvalue weighted by Crippen LogP contribution is -2.45. The van der Waals surface area contributed by atoms with Crippen molar-refractivity contribution in [2.75, 3.05) is 19.8 Å². The van der Waals surface area contributed by atoms with E-state index in [9.17, 15) is 9.59 Å². The Morgan fingerprint density at radius 1 is 1.29 bits per heavy atom. The lowest BCUT2D eigenvalue weighted by molar-refractivity contribution is -0.127. The van der Waals surface area contributed by atoms with E-state index in [1.807, 2.05) is 26.0 Å². The molecule has 0 aliphatic rings. The highest BCUT2D eigenvalue weighted by Gasteiger charge is 2.16. The molecule has 0 spiro atoms. The molecule has 0 saturated carbocycles. The van der Waals surface area contributed by atoms with Crippen molar-refractivity contribution in [3.63, 3.8) is 0 Å². The van der Waals surface area contributed by atoms with E-state index in [2.05, 4.69) is 10.6 Å². The van der Waals surface area contributed by atoms with Crippen LogP contribution in [0.15, 0.2) is 12.2 Å². The fourth-order valence-corrected chi connectivity index (χ4v) is 1.26. The van der Waals surface area contributed by atoms with Crippen molar-refractivity contribution in [2.45, 2.75) is 33.2 Å². The summed E-state index contributed by atoms with van der Waals surface area (Å²) in [6.07, 6.45) is 4.15. The molecular formula is C12H22N2O3. The van der Waals surface area contributed by atoms with Gasteiger partial charge >= 0.3 is 0 Å². The second kappa shape index (κ2) is 9.84. The van der Waals surface area contributed by atoms with Crippen molar-refractivity contribution >= 4 is 11.8 Å². The molecule has 2 amide bonds. The Hall–Kier alpha value is -1.36. The van der Waals surface area contributed by atoms with Gasteiger partial charge in [-0.3, -0.25) is 9.59 Å². The van der Waals surface area contributed by atoms with Crippen LogP contribution in [0.5, 0.6) is 0 Å². The molecular weight excluding hydrogens is 220 g/mol. The number of hydrogen-bond acceptors (Lipinski definition) is 3. The van der Waals surface area contributed by atoms with Crippen molar-refractivity contribution in [3.8, 4) is 0 Å². The predicted molar refractivity (Wildman–Crippen MR) is 66.5 cm³/mol. The van der Waals surface area contributed by atoms with Gasteiger partial charge in [0.2, 0.25) is 11.8 Å². The maximum atomic E-state index is 11.6. The highest BCUT2D eigenvalue weighted by molar-refractivity contribution is 5.86. The summed E-state index contributed by atoms with van der Waals surface area (Å²) in [6, 6.07) is -0.509. The van der Waals surface area contributed by atoms with Gasteiger partial charge in [-0.05, 0) is 20.3 Å². The van der Waals surface area contributed by atoms with Crippen molar-refractivity contribution in [1.82, 2.24) is 10.6 Å². The fourth-order valence-electron chi connectivity index (χ4n) is 1.26. The third-order valence-electron chi connectivity index (χ3n) is 2.00. The Morgan fingerprint density at radius 2 is 2.00 bits per heavy atom. The molecule has 0 bridgehead atoms. The second-order valence-corrected chi connectivity index (χ2v) is 3.51. The highest BCUT2D eigenvalue weighted by atomic mass is 16.5. The first-order valence-electron chi connectivity index (χ1n) is 5.89. The van der Waals surface area contributed by atoms with Gasteiger partial charge < -0.3 is 15.4 Å². The van der Waals surface area contributed by atoms with Crippen LogP contribution in [0.2, 0.25) is 0 Å². The zero-order valence-corrected chi connectivity index (χ0v) is 10.8. The molecule has 5 nitrogen and oxygen atoms in total. The second-order valence-electron chi connectivity index (χ2n) is 3.51.